The molecule has 2 rings (SSSR count). The average molecular weight is 354 g/mol. The molecule has 2 aromatic rings. The van der Waals surface area contributed by atoms with Gasteiger partial charge in [-0.3, -0.25) is 0 Å². The molecule has 0 saturated heterocycles. The Morgan fingerprint density at radius 1 is 1.04 bits per heavy atom. The van der Waals surface area contributed by atoms with Crippen LogP contribution in [0.25, 0.3) is 0 Å². The van der Waals surface area contributed by atoms with Gasteiger partial charge in [0.15, 0.2) is 11.5 Å². The topological polar surface area (TPSA) is 30.5 Å². The lowest BCUT2D eigenvalue weighted by atomic mass is 10.0. The van der Waals surface area contributed by atoms with Gasteiger partial charge in [0.05, 0.1) is 13.2 Å². The van der Waals surface area contributed by atoms with Gasteiger partial charge < -0.3 is 14.8 Å². The number of nitrogens with one attached hydrogen (secondary N) is 1. The van der Waals surface area contributed by atoms with Gasteiger partial charge in [-0.05, 0) is 74.6 Å². The molecule has 3 nitrogen and oxygen atoms in total. The summed E-state index contributed by atoms with van der Waals surface area (Å²) in [4.78, 5) is 0. The number of anilines is 1. The zero-order valence-corrected chi connectivity index (χ0v) is 16.5. The standard InChI is InChI=1S/C23H31NO2/c1-6-9-20-14-19(15-22(25-8-3)23(20)26-12-7-2)16-24-21-11-10-17(4)18(5)13-21/h6,10-11,13-15,24H,1,7-9,12,16H2,2-5H3. The van der Waals surface area contributed by atoms with E-state index in [1.54, 1.807) is 0 Å². The third kappa shape index (κ3) is 5.29. The fourth-order valence-corrected chi connectivity index (χ4v) is 2.82. The van der Waals surface area contributed by atoms with Gasteiger partial charge in [-0.1, -0.05) is 19.1 Å². The number of allylic oxidation sites excluding steroid dienone is 1. The molecule has 0 heterocycles. The molecule has 0 spiro atoms. The molecule has 1 N–H and O–H groups in total. The van der Waals surface area contributed by atoms with Crippen molar-refractivity contribution in [2.45, 2.75) is 47.1 Å². The maximum absolute atomic E-state index is 5.98. The molecule has 0 aromatic heterocycles. The van der Waals surface area contributed by atoms with Gasteiger partial charge in [-0.2, -0.15) is 0 Å². The minimum Gasteiger partial charge on any atom is -0.490 e. The Balaban J connectivity index is 2.26. The lowest BCUT2D eigenvalue weighted by Crippen LogP contribution is -2.06. The fourth-order valence-electron chi connectivity index (χ4n) is 2.82. The highest BCUT2D eigenvalue weighted by Crippen LogP contribution is 2.34. The van der Waals surface area contributed by atoms with Gasteiger partial charge in [-0.15, -0.1) is 6.58 Å². The van der Waals surface area contributed by atoms with Crippen molar-refractivity contribution >= 4 is 5.69 Å². The molecule has 0 radical (unpaired) electrons. The Hall–Kier alpha value is -2.42. The molecular formula is C23H31NO2. The van der Waals surface area contributed by atoms with E-state index in [0.29, 0.717) is 13.2 Å². The third-order valence-corrected chi connectivity index (χ3v) is 4.31. The van der Waals surface area contributed by atoms with E-state index >= 15 is 0 Å². The highest BCUT2D eigenvalue weighted by Gasteiger charge is 2.13. The lowest BCUT2D eigenvalue weighted by Gasteiger charge is -2.18. The van der Waals surface area contributed by atoms with Gasteiger partial charge in [0, 0.05) is 17.8 Å². The molecule has 0 amide bonds. The predicted octanol–water partition coefficient (Wildman–Crippen LogP) is 5.83. The molecular weight excluding hydrogens is 322 g/mol. The van der Waals surface area contributed by atoms with E-state index in [1.807, 2.05) is 13.0 Å². The van der Waals surface area contributed by atoms with Crippen molar-refractivity contribution < 1.29 is 9.47 Å². The van der Waals surface area contributed by atoms with Gasteiger partial charge in [0.1, 0.15) is 0 Å². The Bertz CT molecular complexity index is 737. The first-order valence-electron chi connectivity index (χ1n) is 9.42. The first kappa shape index (κ1) is 19.9. The number of aryl methyl sites for hydroxylation is 2. The first-order chi connectivity index (χ1) is 12.6. The minimum atomic E-state index is 0.615. The number of ether oxygens (including phenoxy) is 2. The van der Waals surface area contributed by atoms with Crippen molar-refractivity contribution in [1.82, 2.24) is 0 Å². The molecule has 0 bridgehead atoms. The van der Waals surface area contributed by atoms with Crippen molar-refractivity contribution in [3.05, 3.63) is 65.2 Å². The van der Waals surface area contributed by atoms with Crippen LogP contribution in [-0.4, -0.2) is 13.2 Å². The maximum atomic E-state index is 5.98. The van der Waals surface area contributed by atoms with E-state index in [1.165, 1.54) is 16.7 Å². The van der Waals surface area contributed by atoms with Crippen molar-refractivity contribution in [3.8, 4) is 11.5 Å². The average Bonchev–Trinajstić information content (AvgIpc) is 2.62. The van der Waals surface area contributed by atoms with E-state index in [0.717, 1.165) is 42.1 Å². The summed E-state index contributed by atoms with van der Waals surface area (Å²) in [5.41, 5.74) is 6.02. The molecule has 3 heteroatoms. The SMILES string of the molecule is C=CCc1cc(CNc2ccc(C)c(C)c2)cc(OCC)c1OCCC. The summed E-state index contributed by atoms with van der Waals surface area (Å²) in [5, 5.41) is 3.51. The molecule has 2 aromatic carbocycles. The van der Waals surface area contributed by atoms with Gasteiger partial charge in [0.2, 0.25) is 0 Å². The van der Waals surface area contributed by atoms with Crippen LogP contribution in [0.4, 0.5) is 5.69 Å². The summed E-state index contributed by atoms with van der Waals surface area (Å²) in [6.45, 7) is 14.3. The summed E-state index contributed by atoms with van der Waals surface area (Å²) in [6, 6.07) is 10.7. The number of benzene rings is 2. The molecule has 0 fully saturated rings. The summed E-state index contributed by atoms with van der Waals surface area (Å²) >= 11 is 0. The van der Waals surface area contributed by atoms with Crippen LogP contribution in [0.5, 0.6) is 11.5 Å². The van der Waals surface area contributed by atoms with Crippen LogP contribution in [-0.2, 0) is 13.0 Å². The van der Waals surface area contributed by atoms with E-state index in [2.05, 4.69) is 63.0 Å². The second-order valence-electron chi connectivity index (χ2n) is 6.51. The highest BCUT2D eigenvalue weighted by atomic mass is 16.5. The quantitative estimate of drug-likeness (QED) is 0.545. The molecule has 0 unspecified atom stereocenters. The second kappa shape index (κ2) is 9.91. The molecule has 140 valence electrons. The van der Waals surface area contributed by atoms with Crippen LogP contribution in [0.3, 0.4) is 0 Å². The summed E-state index contributed by atoms with van der Waals surface area (Å²) in [6.07, 6.45) is 3.64. The van der Waals surface area contributed by atoms with Crippen LogP contribution in [0.2, 0.25) is 0 Å². The third-order valence-electron chi connectivity index (χ3n) is 4.31. The summed E-state index contributed by atoms with van der Waals surface area (Å²) in [7, 11) is 0. The largest absolute Gasteiger partial charge is 0.490 e. The van der Waals surface area contributed by atoms with Crippen LogP contribution >= 0.6 is 0 Å². The first-order valence-corrected chi connectivity index (χ1v) is 9.42. The predicted molar refractivity (Wildman–Crippen MR) is 111 cm³/mol. The summed E-state index contributed by atoms with van der Waals surface area (Å²) < 4.78 is 11.8. The Morgan fingerprint density at radius 3 is 2.50 bits per heavy atom. The van der Waals surface area contributed by atoms with E-state index in [9.17, 15) is 0 Å². The van der Waals surface area contributed by atoms with Crippen molar-refractivity contribution in [3.63, 3.8) is 0 Å². The van der Waals surface area contributed by atoms with Gasteiger partial charge in [0.25, 0.3) is 0 Å². The Kier molecular flexibility index (Phi) is 7.58. The van der Waals surface area contributed by atoms with Gasteiger partial charge >= 0.3 is 0 Å². The van der Waals surface area contributed by atoms with Crippen LogP contribution in [0.1, 0.15) is 42.5 Å². The fraction of sp³-hybridized carbons (Fsp3) is 0.391. The van der Waals surface area contributed by atoms with Crippen molar-refractivity contribution in [2.24, 2.45) is 0 Å². The number of rotatable bonds is 10. The lowest BCUT2D eigenvalue weighted by molar-refractivity contribution is 0.274. The van der Waals surface area contributed by atoms with Crippen molar-refractivity contribution in [1.29, 1.82) is 0 Å². The number of hydrogen-bond acceptors (Lipinski definition) is 3. The molecule has 0 saturated carbocycles. The zero-order chi connectivity index (χ0) is 18.9. The maximum Gasteiger partial charge on any atom is 0.164 e. The summed E-state index contributed by atoms with van der Waals surface area (Å²) in [5.74, 6) is 1.67. The highest BCUT2D eigenvalue weighted by molar-refractivity contribution is 5.52. The monoisotopic (exact) mass is 353 g/mol. The van der Waals surface area contributed by atoms with Crippen molar-refractivity contribution in [2.75, 3.05) is 18.5 Å². The normalized spacial score (nSPS) is 10.5. The molecule has 0 aliphatic heterocycles. The smallest absolute Gasteiger partial charge is 0.164 e. The van der Waals surface area contributed by atoms with Crippen LogP contribution in [0, 0.1) is 13.8 Å². The van der Waals surface area contributed by atoms with Crippen LogP contribution in [0.15, 0.2) is 43.0 Å². The molecule has 0 aliphatic rings. The van der Waals surface area contributed by atoms with E-state index in [-0.39, 0.29) is 0 Å². The molecule has 26 heavy (non-hydrogen) atoms. The second-order valence-corrected chi connectivity index (χ2v) is 6.51. The van der Waals surface area contributed by atoms with E-state index < -0.39 is 0 Å². The Morgan fingerprint density at radius 2 is 1.85 bits per heavy atom. The number of hydrogen-bond donors (Lipinski definition) is 1. The Labute approximate surface area is 158 Å². The molecule has 0 atom stereocenters. The molecule has 0 aliphatic carbocycles. The zero-order valence-electron chi connectivity index (χ0n) is 16.5. The minimum absolute atomic E-state index is 0.615. The van der Waals surface area contributed by atoms with Crippen LogP contribution < -0.4 is 14.8 Å². The van der Waals surface area contributed by atoms with Gasteiger partial charge in [-0.25, -0.2) is 0 Å². The van der Waals surface area contributed by atoms with E-state index in [4.69, 9.17) is 9.47 Å².